The minimum Gasteiger partial charge on any atom is -0.495 e. The van der Waals surface area contributed by atoms with E-state index >= 15 is 0 Å². The molecular formula is C27H27N5O5. The third-order valence-corrected chi connectivity index (χ3v) is 6.38. The summed E-state index contributed by atoms with van der Waals surface area (Å²) < 4.78 is 17.8. The molecule has 0 aliphatic heterocycles. The first-order chi connectivity index (χ1) is 18.1. The summed E-state index contributed by atoms with van der Waals surface area (Å²) in [6, 6.07) is 14.4. The maximum atomic E-state index is 13.0. The molecule has 190 valence electrons. The lowest BCUT2D eigenvalue weighted by Crippen LogP contribution is -2.27. The summed E-state index contributed by atoms with van der Waals surface area (Å²) in [6.07, 6.45) is 5.45. The van der Waals surface area contributed by atoms with Crippen LogP contribution in [0.5, 0.6) is 11.6 Å². The number of hydrogen-bond acceptors (Lipinski definition) is 9. The largest absolute Gasteiger partial charge is 0.495 e. The monoisotopic (exact) mass is 501 g/mol. The van der Waals surface area contributed by atoms with Crippen LogP contribution in [-0.2, 0) is 11.3 Å². The van der Waals surface area contributed by atoms with Crippen molar-refractivity contribution < 1.29 is 19.0 Å². The van der Waals surface area contributed by atoms with Gasteiger partial charge in [-0.3, -0.25) is 9.36 Å². The van der Waals surface area contributed by atoms with Gasteiger partial charge < -0.3 is 19.5 Å². The predicted octanol–water partition coefficient (Wildman–Crippen LogP) is 4.42. The maximum absolute atomic E-state index is 13.0. The van der Waals surface area contributed by atoms with Crippen molar-refractivity contribution in [3.8, 4) is 11.6 Å². The van der Waals surface area contributed by atoms with Gasteiger partial charge in [0.25, 0.3) is 5.88 Å². The fourth-order valence-corrected chi connectivity index (χ4v) is 4.52. The molecule has 10 heteroatoms. The molecule has 1 fully saturated rings. The average Bonchev–Trinajstić information content (AvgIpc) is 3.46. The first-order valence-electron chi connectivity index (χ1n) is 12.1. The van der Waals surface area contributed by atoms with Gasteiger partial charge in [-0.1, -0.05) is 43.2 Å². The summed E-state index contributed by atoms with van der Waals surface area (Å²) in [4.78, 5) is 38.9. The van der Waals surface area contributed by atoms with E-state index in [-0.39, 0.29) is 30.0 Å². The molecule has 0 unspecified atom stereocenters. The van der Waals surface area contributed by atoms with Crippen molar-refractivity contribution in [1.29, 1.82) is 0 Å². The number of hydrogen-bond donors (Lipinski definition) is 1. The zero-order valence-corrected chi connectivity index (χ0v) is 20.6. The van der Waals surface area contributed by atoms with Crippen molar-refractivity contribution >= 4 is 28.8 Å². The first-order valence-corrected chi connectivity index (χ1v) is 12.1. The average molecular weight is 502 g/mol. The van der Waals surface area contributed by atoms with Crippen LogP contribution in [-0.4, -0.2) is 39.7 Å². The molecule has 2 aromatic carbocycles. The molecule has 4 aromatic rings. The van der Waals surface area contributed by atoms with E-state index < -0.39 is 5.97 Å². The highest BCUT2D eigenvalue weighted by Crippen LogP contribution is 2.32. The van der Waals surface area contributed by atoms with Crippen LogP contribution >= 0.6 is 0 Å². The van der Waals surface area contributed by atoms with Gasteiger partial charge in [0.1, 0.15) is 17.9 Å². The number of carbonyl (C=O) groups excluding carboxylic acids is 1. The number of carbonyl (C=O) groups is 1. The summed E-state index contributed by atoms with van der Waals surface area (Å²) in [5.41, 5.74) is 2.41. The number of rotatable bonds is 8. The number of esters is 1. The molecule has 1 aliphatic carbocycles. The number of fused-ring (bicyclic) bond motifs is 1. The quantitative estimate of drug-likeness (QED) is 0.350. The highest BCUT2D eigenvalue weighted by molar-refractivity contribution is 5.91. The van der Waals surface area contributed by atoms with Gasteiger partial charge in [-0.25, -0.2) is 14.8 Å². The van der Waals surface area contributed by atoms with E-state index in [4.69, 9.17) is 14.2 Å². The van der Waals surface area contributed by atoms with Crippen LogP contribution in [0.15, 0.2) is 59.5 Å². The smallest absolute Gasteiger partial charge is 0.338 e. The molecule has 0 spiro atoms. The molecule has 2 aromatic heterocycles. The van der Waals surface area contributed by atoms with Crippen molar-refractivity contribution in [1.82, 2.24) is 19.5 Å². The second-order valence-corrected chi connectivity index (χ2v) is 8.74. The normalized spacial score (nSPS) is 13.5. The topological polar surface area (TPSA) is 117 Å². The molecule has 1 N–H and O–H groups in total. The number of ether oxygens (including phenoxy) is 3. The lowest BCUT2D eigenvalue weighted by Gasteiger charge is -2.17. The van der Waals surface area contributed by atoms with Gasteiger partial charge in [-0.2, -0.15) is 4.98 Å². The number of aromatic nitrogens is 4. The molecule has 1 saturated carbocycles. The highest BCUT2D eigenvalue weighted by atomic mass is 16.5. The van der Waals surface area contributed by atoms with Crippen molar-refractivity contribution in [2.24, 2.45) is 0 Å². The second kappa shape index (κ2) is 10.7. The Bertz CT molecular complexity index is 1480. The van der Waals surface area contributed by atoms with Crippen molar-refractivity contribution in [2.45, 2.75) is 38.3 Å². The molecule has 0 radical (unpaired) electrons. The van der Waals surface area contributed by atoms with Gasteiger partial charge in [0.2, 0.25) is 5.95 Å². The summed E-state index contributed by atoms with van der Waals surface area (Å²) in [6.45, 7) is 0.175. The van der Waals surface area contributed by atoms with E-state index in [1.807, 2.05) is 30.3 Å². The minimum atomic E-state index is -0.462. The number of nitrogens with zero attached hydrogens (tertiary/aromatic N) is 4. The third kappa shape index (κ3) is 5.09. The van der Waals surface area contributed by atoms with Gasteiger partial charge in [0.05, 0.1) is 31.7 Å². The Morgan fingerprint density at radius 3 is 2.57 bits per heavy atom. The molecule has 0 amide bonds. The van der Waals surface area contributed by atoms with Crippen LogP contribution in [0.4, 0.5) is 11.6 Å². The molecular weight excluding hydrogens is 474 g/mol. The number of methoxy groups -OCH3 is 2. The number of benzene rings is 2. The maximum Gasteiger partial charge on any atom is 0.338 e. The first kappa shape index (κ1) is 24.2. The van der Waals surface area contributed by atoms with Gasteiger partial charge in [-0.15, -0.1) is 0 Å². The molecule has 37 heavy (non-hydrogen) atoms. The zero-order chi connectivity index (χ0) is 25.8. The second-order valence-electron chi connectivity index (χ2n) is 8.74. The van der Waals surface area contributed by atoms with Gasteiger partial charge >= 0.3 is 11.5 Å². The fraction of sp³-hybridized carbons (Fsp3) is 0.296. The van der Waals surface area contributed by atoms with Gasteiger partial charge in [0.15, 0.2) is 5.65 Å². The SMILES string of the molecule is COc1cc(C(=O)OCc2ccccc2)ccc1Nc1ncc2nc(OC)c(=O)n(C3CCCC3)c2n1. The summed E-state index contributed by atoms with van der Waals surface area (Å²) in [5.74, 6) is 0.249. The molecule has 2 heterocycles. The Hall–Kier alpha value is -4.47. The van der Waals surface area contributed by atoms with E-state index in [9.17, 15) is 9.59 Å². The van der Waals surface area contributed by atoms with Gasteiger partial charge in [-0.05, 0) is 36.6 Å². The fourth-order valence-electron chi connectivity index (χ4n) is 4.52. The Morgan fingerprint density at radius 1 is 1.05 bits per heavy atom. The number of anilines is 2. The summed E-state index contributed by atoms with van der Waals surface area (Å²) in [7, 11) is 2.94. The predicted molar refractivity (Wildman–Crippen MR) is 137 cm³/mol. The van der Waals surface area contributed by atoms with E-state index in [0.29, 0.717) is 28.2 Å². The lowest BCUT2D eigenvalue weighted by molar-refractivity contribution is 0.0472. The molecule has 10 nitrogen and oxygen atoms in total. The van der Waals surface area contributed by atoms with Crippen molar-refractivity contribution in [3.63, 3.8) is 0 Å². The molecule has 0 saturated heterocycles. The Labute approximate surface area is 213 Å². The molecule has 5 rings (SSSR count). The Balaban J connectivity index is 1.41. The van der Waals surface area contributed by atoms with Crippen LogP contribution in [0.1, 0.15) is 47.6 Å². The minimum absolute atomic E-state index is 0.0279. The van der Waals surface area contributed by atoms with Crippen molar-refractivity contribution in [3.05, 3.63) is 76.2 Å². The van der Waals surface area contributed by atoms with Crippen LogP contribution in [0, 0.1) is 0 Å². The van der Waals surface area contributed by atoms with E-state index in [0.717, 1.165) is 31.2 Å². The third-order valence-electron chi connectivity index (χ3n) is 6.38. The molecule has 0 bridgehead atoms. The van der Waals surface area contributed by atoms with Crippen LogP contribution < -0.4 is 20.3 Å². The van der Waals surface area contributed by atoms with Crippen LogP contribution in [0.3, 0.4) is 0 Å². The highest BCUT2D eigenvalue weighted by Gasteiger charge is 2.24. The summed E-state index contributed by atoms with van der Waals surface area (Å²) >= 11 is 0. The van der Waals surface area contributed by atoms with E-state index in [2.05, 4.69) is 20.3 Å². The summed E-state index contributed by atoms with van der Waals surface area (Å²) in [5, 5.41) is 3.13. The van der Waals surface area contributed by atoms with E-state index in [1.54, 1.807) is 29.0 Å². The van der Waals surface area contributed by atoms with Crippen LogP contribution in [0.25, 0.3) is 11.2 Å². The standard InChI is InChI=1S/C27H27N5O5/c1-35-22-14-18(26(34)37-16-17-8-4-3-5-9-17)12-13-20(22)30-27-28-15-21-23(31-27)32(19-10-6-7-11-19)25(33)24(29-21)36-2/h3-5,8-9,12-15,19H,6-7,10-11,16H2,1-2H3,(H,28,30,31). The van der Waals surface area contributed by atoms with Gasteiger partial charge in [0, 0.05) is 6.04 Å². The van der Waals surface area contributed by atoms with Crippen molar-refractivity contribution in [2.75, 3.05) is 19.5 Å². The van der Waals surface area contributed by atoms with Crippen LogP contribution in [0.2, 0.25) is 0 Å². The molecule has 1 aliphatic rings. The number of nitrogens with one attached hydrogen (secondary N) is 1. The molecule has 0 atom stereocenters. The Kier molecular flexibility index (Phi) is 6.98. The zero-order valence-electron chi connectivity index (χ0n) is 20.6. The lowest BCUT2D eigenvalue weighted by atomic mass is 10.2. The Morgan fingerprint density at radius 2 is 1.84 bits per heavy atom. The van der Waals surface area contributed by atoms with E-state index in [1.165, 1.54) is 14.2 Å².